The van der Waals surface area contributed by atoms with E-state index >= 15 is 0 Å². The molecular weight excluding hydrogens is 551 g/mol. The van der Waals surface area contributed by atoms with E-state index in [1.165, 1.54) is 0 Å². The van der Waals surface area contributed by atoms with Gasteiger partial charge in [0.05, 0.1) is 16.2 Å². The Kier molecular flexibility index (Phi) is 10.6. The number of ether oxygens (including phenoxy) is 2. The normalized spacial score (nSPS) is 22.5. The van der Waals surface area contributed by atoms with Gasteiger partial charge in [-0.05, 0) is 67.0 Å². The summed E-state index contributed by atoms with van der Waals surface area (Å²) >= 11 is 2.16. The second kappa shape index (κ2) is 13.4. The van der Waals surface area contributed by atoms with Crippen LogP contribution in [0.15, 0.2) is 35.9 Å². The van der Waals surface area contributed by atoms with Crippen LogP contribution in [0.1, 0.15) is 39.0 Å². The minimum Gasteiger partial charge on any atom is -0.482 e. The predicted molar refractivity (Wildman–Crippen MR) is 136 cm³/mol. The second-order valence-corrected chi connectivity index (χ2v) is 9.82. The van der Waals surface area contributed by atoms with Gasteiger partial charge >= 0.3 is 0 Å². The highest BCUT2D eigenvalue weighted by Gasteiger charge is 2.42. The largest absolute Gasteiger partial charge is 0.482 e. The summed E-state index contributed by atoms with van der Waals surface area (Å²) < 4.78 is 12.5. The molecule has 1 fully saturated rings. The Hall–Kier alpha value is -1.69. The molecule has 1 saturated carbocycles. The van der Waals surface area contributed by atoms with E-state index < -0.39 is 18.2 Å². The number of nitrogens with zero attached hydrogens (tertiary/aromatic N) is 1. The molecule has 3 atom stereocenters. The maximum absolute atomic E-state index is 13.4. The number of benzene rings is 1. The first-order valence-electron chi connectivity index (χ1n) is 12.0. The molecule has 188 valence electrons. The summed E-state index contributed by atoms with van der Waals surface area (Å²) in [6.45, 7) is 3.46. The molecule has 0 bridgehead atoms. The van der Waals surface area contributed by atoms with Crippen LogP contribution in [-0.2, 0) is 14.3 Å². The van der Waals surface area contributed by atoms with Gasteiger partial charge in [0.2, 0.25) is 11.8 Å². The Morgan fingerprint density at radius 3 is 2.68 bits per heavy atom. The number of hydrogen-bond donors (Lipinski definition) is 3. The zero-order valence-corrected chi connectivity index (χ0v) is 21.8. The monoisotopic (exact) mass is 586 g/mol. The van der Waals surface area contributed by atoms with Crippen LogP contribution >= 0.6 is 22.6 Å². The number of hydrogen-bond acceptors (Lipinski definition) is 6. The highest BCUT2D eigenvalue weighted by atomic mass is 127. The average molecular weight is 586 g/mol. The summed E-state index contributed by atoms with van der Waals surface area (Å²) in [6.07, 6.45) is 3.45. The molecule has 1 aromatic rings. The number of aliphatic hydroxyl groups excluding tert-OH is 2. The summed E-state index contributed by atoms with van der Waals surface area (Å²) in [7, 11) is 0. The van der Waals surface area contributed by atoms with Gasteiger partial charge in [-0.15, -0.1) is 0 Å². The molecule has 1 aromatic carbocycles. The fourth-order valence-corrected chi connectivity index (χ4v) is 4.79. The molecule has 0 heterocycles. The van der Waals surface area contributed by atoms with Gasteiger partial charge in [0.1, 0.15) is 18.0 Å². The summed E-state index contributed by atoms with van der Waals surface area (Å²) in [5, 5.41) is 23.2. The van der Waals surface area contributed by atoms with Crippen molar-refractivity contribution >= 4 is 34.4 Å². The van der Waals surface area contributed by atoms with Crippen molar-refractivity contribution in [2.24, 2.45) is 5.92 Å². The van der Waals surface area contributed by atoms with Crippen LogP contribution in [0.5, 0.6) is 5.75 Å². The minimum absolute atomic E-state index is 0.0249. The lowest BCUT2D eigenvalue weighted by molar-refractivity contribution is -0.145. The lowest BCUT2D eigenvalue weighted by Crippen LogP contribution is -2.57. The summed E-state index contributed by atoms with van der Waals surface area (Å²) in [6, 6.07) is 6.87. The van der Waals surface area contributed by atoms with Crippen molar-refractivity contribution in [1.82, 2.24) is 10.2 Å². The van der Waals surface area contributed by atoms with E-state index in [4.69, 9.17) is 14.6 Å². The van der Waals surface area contributed by atoms with Gasteiger partial charge < -0.3 is 29.9 Å². The number of nitrogens with one attached hydrogen (secondary N) is 1. The smallest absolute Gasteiger partial charge is 0.247 e. The molecule has 2 amide bonds. The van der Waals surface area contributed by atoms with Crippen LogP contribution < -0.4 is 10.1 Å². The van der Waals surface area contributed by atoms with E-state index in [0.717, 1.165) is 22.8 Å². The van der Waals surface area contributed by atoms with Crippen molar-refractivity contribution in [3.8, 4) is 5.75 Å². The molecule has 0 unspecified atom stereocenters. The van der Waals surface area contributed by atoms with Crippen LogP contribution in [0.4, 0.5) is 0 Å². The van der Waals surface area contributed by atoms with Gasteiger partial charge in [-0.3, -0.25) is 9.59 Å². The highest BCUT2D eigenvalue weighted by molar-refractivity contribution is 14.1. The van der Waals surface area contributed by atoms with E-state index in [1.807, 2.05) is 31.2 Å². The van der Waals surface area contributed by atoms with E-state index in [2.05, 4.69) is 27.9 Å². The molecule has 34 heavy (non-hydrogen) atoms. The van der Waals surface area contributed by atoms with Gasteiger partial charge in [0.15, 0.2) is 0 Å². The maximum atomic E-state index is 13.4. The van der Waals surface area contributed by atoms with Crippen molar-refractivity contribution in [3.63, 3.8) is 0 Å². The Morgan fingerprint density at radius 1 is 1.26 bits per heavy atom. The van der Waals surface area contributed by atoms with E-state index in [-0.39, 0.29) is 37.3 Å². The van der Waals surface area contributed by atoms with E-state index in [1.54, 1.807) is 11.0 Å². The number of para-hydroxylation sites is 1. The number of carbonyl (C=O) groups is 2. The fraction of sp³-hybridized carbons (Fsp3) is 0.600. The molecule has 0 aliphatic heterocycles. The number of halogens is 1. The summed E-state index contributed by atoms with van der Waals surface area (Å²) in [5.41, 5.74) is 0.441. The van der Waals surface area contributed by atoms with E-state index in [9.17, 15) is 14.7 Å². The molecule has 0 radical (unpaired) electrons. The second-order valence-electron chi connectivity index (χ2n) is 8.66. The molecule has 2 aliphatic rings. The Bertz CT molecular complexity index is 860. The van der Waals surface area contributed by atoms with Gasteiger partial charge in [-0.25, -0.2) is 0 Å². The molecule has 0 spiro atoms. The zero-order valence-electron chi connectivity index (χ0n) is 19.6. The molecule has 3 rings (SSSR count). The number of carbonyl (C=O) groups excluding carboxylic acids is 2. The molecule has 0 saturated heterocycles. The first kappa shape index (κ1) is 26.9. The molecule has 2 aliphatic carbocycles. The van der Waals surface area contributed by atoms with Crippen molar-refractivity contribution in [2.75, 3.05) is 32.9 Å². The molecule has 9 heteroatoms. The Balaban J connectivity index is 1.87. The lowest BCUT2D eigenvalue weighted by atomic mass is 9.82. The SMILES string of the molecule is CCOCCCN(C(=O)C1CCC1)[C@@H]1CC(C(=O)NCCO)=C[C@H](Oc2ccccc2I)[C@H]1O. The van der Waals surface area contributed by atoms with Gasteiger partial charge in [0, 0.05) is 44.2 Å². The number of amides is 2. The Labute approximate surface area is 214 Å². The van der Waals surface area contributed by atoms with Crippen LogP contribution in [0, 0.1) is 9.49 Å². The minimum atomic E-state index is -0.999. The molecular formula is C25H35IN2O6. The average Bonchev–Trinajstić information content (AvgIpc) is 2.79. The standard InChI is InChI=1S/C25H35IN2O6/c1-2-33-14-6-12-28(25(32)17-7-5-8-17)20-15-18(24(31)27-11-13-29)16-22(23(20)30)34-21-10-4-3-9-19(21)26/h3-4,9-10,16-17,20,22-23,29-30H,2,5-8,11-15H2,1H3,(H,27,31)/t20-,22+,23+/m1/s1. The topological polar surface area (TPSA) is 108 Å². The third-order valence-electron chi connectivity index (χ3n) is 6.34. The molecule has 3 N–H and O–H groups in total. The van der Waals surface area contributed by atoms with Crippen molar-refractivity contribution < 1.29 is 29.3 Å². The number of rotatable bonds is 12. The third-order valence-corrected chi connectivity index (χ3v) is 7.23. The van der Waals surface area contributed by atoms with Gasteiger partial charge in [-0.1, -0.05) is 18.6 Å². The maximum Gasteiger partial charge on any atom is 0.247 e. The third kappa shape index (κ3) is 6.93. The van der Waals surface area contributed by atoms with Crippen molar-refractivity contribution in [1.29, 1.82) is 0 Å². The molecule has 8 nitrogen and oxygen atoms in total. The van der Waals surface area contributed by atoms with Crippen molar-refractivity contribution in [3.05, 3.63) is 39.5 Å². The van der Waals surface area contributed by atoms with Crippen LogP contribution in [-0.4, -0.2) is 78.1 Å². The van der Waals surface area contributed by atoms with Gasteiger partial charge in [0.25, 0.3) is 0 Å². The Morgan fingerprint density at radius 2 is 2.03 bits per heavy atom. The summed E-state index contributed by atoms with van der Waals surface area (Å²) in [5.74, 6) is 0.267. The van der Waals surface area contributed by atoms with Crippen LogP contribution in [0.3, 0.4) is 0 Å². The first-order valence-corrected chi connectivity index (χ1v) is 13.1. The first-order chi connectivity index (χ1) is 16.5. The molecule has 0 aromatic heterocycles. The predicted octanol–water partition coefficient (Wildman–Crippen LogP) is 2.26. The zero-order chi connectivity index (χ0) is 24.5. The van der Waals surface area contributed by atoms with Crippen LogP contribution in [0.25, 0.3) is 0 Å². The van der Waals surface area contributed by atoms with Gasteiger partial charge in [-0.2, -0.15) is 0 Å². The van der Waals surface area contributed by atoms with Crippen LogP contribution in [0.2, 0.25) is 0 Å². The fourth-order valence-electron chi connectivity index (χ4n) is 4.28. The number of aliphatic hydroxyl groups is 2. The summed E-state index contributed by atoms with van der Waals surface area (Å²) in [4.78, 5) is 27.9. The van der Waals surface area contributed by atoms with E-state index in [0.29, 0.717) is 37.5 Å². The quantitative estimate of drug-likeness (QED) is 0.256. The highest BCUT2D eigenvalue weighted by Crippen LogP contribution is 2.33. The lowest BCUT2D eigenvalue weighted by Gasteiger charge is -2.43. The van der Waals surface area contributed by atoms with Crippen molar-refractivity contribution in [2.45, 2.75) is 57.3 Å².